The van der Waals surface area contributed by atoms with E-state index in [9.17, 15) is 0 Å². The summed E-state index contributed by atoms with van der Waals surface area (Å²) in [4.78, 5) is 0. The highest BCUT2D eigenvalue weighted by atomic mass is 14.6. The number of hydrogen-bond donors (Lipinski definition) is 0. The zero-order valence-electron chi connectivity index (χ0n) is 57.1. The van der Waals surface area contributed by atoms with Gasteiger partial charge in [-0.2, -0.15) is 0 Å². The smallest absolute Gasteiger partial charge is 0.0334 e. The molecule has 0 aromatic carbocycles. The maximum absolute atomic E-state index is 2.45. The van der Waals surface area contributed by atoms with Crippen LogP contribution < -0.4 is 0 Å². The first-order chi connectivity index (χ1) is 38.2. The van der Waals surface area contributed by atoms with Crippen LogP contribution in [0.4, 0.5) is 0 Å². The van der Waals surface area contributed by atoms with Gasteiger partial charge in [0, 0.05) is 0 Å². The molecule has 21 aliphatic carbocycles. The highest BCUT2D eigenvalue weighted by Gasteiger charge is 2.53. The third-order valence-electron chi connectivity index (χ3n) is 29.0. The molecule has 0 radical (unpaired) electrons. The van der Waals surface area contributed by atoms with E-state index in [1.807, 2.05) is 0 Å². The van der Waals surface area contributed by atoms with Crippen LogP contribution in [0.5, 0.6) is 0 Å². The predicted octanol–water partition coefficient (Wildman–Crippen LogP) is 24.6. The van der Waals surface area contributed by atoms with Crippen molar-refractivity contribution < 1.29 is 0 Å². The molecule has 0 aliphatic heterocycles. The fourth-order valence-electron chi connectivity index (χ4n) is 25.0. The minimum absolute atomic E-state index is 0.929. The topological polar surface area (TPSA) is 0 Å². The van der Waals surface area contributed by atoms with Crippen molar-refractivity contribution in [1.29, 1.82) is 0 Å². The van der Waals surface area contributed by atoms with Gasteiger partial charge in [-0.15, -0.1) is 0 Å². The second kappa shape index (κ2) is 29.3. The van der Waals surface area contributed by atoms with E-state index in [1.54, 1.807) is 167 Å². The first-order valence-corrected chi connectivity index (χ1v) is 38.2. The van der Waals surface area contributed by atoms with Crippen LogP contribution in [0.15, 0.2) is 0 Å². The molecule has 16 bridgehead atoms. The van der Waals surface area contributed by atoms with Gasteiger partial charge >= 0.3 is 0 Å². The Kier molecular flexibility index (Phi) is 23.6. The van der Waals surface area contributed by atoms with Crippen LogP contribution in [0, 0.1) is 189 Å². The fourth-order valence-corrected chi connectivity index (χ4v) is 25.0. The molecule has 7 unspecified atom stereocenters. The largest absolute Gasteiger partial charge is 0.0625 e. The SMILES string of the molecule is CC(C)C1C2CC1C2.CC(C)C1C2CC3CC(C2)CC1C3.CC(C)C1C2CCC1C2.CC(C)C1C2CCC1CC2.CC(C)C1CC2CC1C2.CC(C)C1CC2CCC1C2.CC(C)C1CC2CCC1CC2.CC(C)C1CCCCCC1. The van der Waals surface area contributed by atoms with E-state index in [2.05, 4.69) is 111 Å². The van der Waals surface area contributed by atoms with Crippen LogP contribution in [0.25, 0.3) is 0 Å². The summed E-state index contributed by atoms with van der Waals surface area (Å²) in [5, 5.41) is 0. The lowest BCUT2D eigenvalue weighted by Gasteiger charge is -2.60. The highest BCUT2D eigenvalue weighted by Crippen LogP contribution is 2.62. The summed E-state index contributed by atoms with van der Waals surface area (Å²) in [6.07, 6.45) is 49.6. The predicted molar refractivity (Wildman–Crippen MR) is 350 cm³/mol. The van der Waals surface area contributed by atoms with Crippen molar-refractivity contribution in [2.45, 2.75) is 316 Å². The number of fused-ring (bicyclic) bond motifs is 9. The molecule has 0 amide bonds. The van der Waals surface area contributed by atoms with Gasteiger partial charge in [-0.25, -0.2) is 0 Å². The lowest BCUT2D eigenvalue weighted by Crippen LogP contribution is -2.52. The van der Waals surface area contributed by atoms with Crippen molar-refractivity contribution in [2.24, 2.45) is 189 Å². The van der Waals surface area contributed by atoms with Crippen LogP contribution in [-0.2, 0) is 0 Å². The van der Waals surface area contributed by atoms with E-state index >= 15 is 0 Å². The summed E-state index contributed by atoms with van der Waals surface area (Å²) < 4.78 is 0. The normalized spacial score (nSPS) is 44.6. The van der Waals surface area contributed by atoms with Crippen LogP contribution in [0.2, 0.25) is 0 Å². The summed E-state index contributed by atoms with van der Waals surface area (Å²) in [7, 11) is 0. The lowest BCUT2D eigenvalue weighted by atomic mass is 9.45. The summed E-state index contributed by atoms with van der Waals surface area (Å²) in [6, 6.07) is 0. The summed E-state index contributed by atoms with van der Waals surface area (Å²) in [5.74, 6) is 34.7. The van der Waals surface area contributed by atoms with Gasteiger partial charge in [0.2, 0.25) is 0 Å². The van der Waals surface area contributed by atoms with Crippen LogP contribution in [-0.4, -0.2) is 0 Å². The Hall–Kier alpha value is 0. The Morgan fingerprint density at radius 3 is 0.738 bits per heavy atom. The van der Waals surface area contributed by atoms with Gasteiger partial charge in [0.15, 0.2) is 0 Å². The Labute approximate surface area is 503 Å². The van der Waals surface area contributed by atoms with Gasteiger partial charge < -0.3 is 0 Å². The maximum atomic E-state index is 2.45. The summed E-state index contributed by atoms with van der Waals surface area (Å²) in [5.41, 5.74) is 0. The van der Waals surface area contributed by atoms with Gasteiger partial charge in [-0.3, -0.25) is 0 Å². The first-order valence-electron chi connectivity index (χ1n) is 38.2. The van der Waals surface area contributed by atoms with E-state index in [0.717, 1.165) is 178 Å². The molecule has 0 saturated heterocycles. The fraction of sp³-hybridized carbons (Fsp3) is 1.00. The molecule has 0 aromatic rings. The van der Waals surface area contributed by atoms with E-state index in [0.29, 0.717) is 0 Å². The second-order valence-corrected chi connectivity index (χ2v) is 36.5. The molecule has 0 heteroatoms. The van der Waals surface area contributed by atoms with Crippen LogP contribution in [0.3, 0.4) is 0 Å². The standard InChI is InChI=1S/C13H22.C11H20.2C10H18.C10H20.2C9H16.C8H14/c1-8(2)13-11-4-9-3-10(6-11)7-12(13)5-9;1-8(2)11-7-9-3-5-10(11)6-4-9;1-7(2)10-6-8-3-4-9(10)5-8;1-7(2)10-8-3-4-9(10)6-5-8;1-9(2)10-7-5-3-4-6-8-10;1-6(2)9-5-7-3-8(9)4-7;1-6(2)9-7-3-4-8(9)5-7;1-5(2)8-6-3-7(8)4-6/h8-13H,3-7H2,1-2H3;8-11H,3-7H2,1-2H3;2*7-10H,3-6H2,1-2H3;9-10H,3-8H2,1-2H3;2*6-9H,3-5H2,1-2H3;5-8H,3-4H2,1-2H3. The highest BCUT2D eigenvalue weighted by molar-refractivity contribution is 5.03. The lowest BCUT2D eigenvalue weighted by molar-refractivity contribution is -0.107. The first kappa shape index (κ1) is 64.5. The molecular weight excluding hydrogens is 961 g/mol. The molecule has 21 aliphatic rings. The van der Waals surface area contributed by atoms with Gasteiger partial charge in [0.05, 0.1) is 0 Å². The minimum Gasteiger partial charge on any atom is -0.0625 e. The van der Waals surface area contributed by atoms with Gasteiger partial charge in [-0.05, 0) is 337 Å². The molecule has 0 N–H and O–H groups in total. The molecule has 0 nitrogen and oxygen atoms in total. The quantitative estimate of drug-likeness (QED) is 0.213. The second-order valence-electron chi connectivity index (χ2n) is 36.5. The third-order valence-corrected chi connectivity index (χ3v) is 29.0. The van der Waals surface area contributed by atoms with Crippen molar-refractivity contribution in [3.8, 4) is 0 Å². The number of rotatable bonds is 8. The van der Waals surface area contributed by atoms with Gasteiger partial charge in [-0.1, -0.05) is 169 Å². The molecule has 464 valence electrons. The molecular formula is C80H144. The monoisotopic (exact) mass is 1110 g/mol. The van der Waals surface area contributed by atoms with Crippen molar-refractivity contribution in [2.75, 3.05) is 0 Å². The minimum atomic E-state index is 0.929. The Morgan fingerprint density at radius 1 is 0.175 bits per heavy atom. The molecule has 80 heavy (non-hydrogen) atoms. The molecule has 7 atom stereocenters. The molecule has 21 saturated carbocycles. The molecule has 0 aromatic heterocycles. The van der Waals surface area contributed by atoms with Crippen LogP contribution in [0.1, 0.15) is 316 Å². The average molecular weight is 1110 g/mol. The zero-order valence-corrected chi connectivity index (χ0v) is 57.1. The average Bonchev–Trinajstić information content (AvgIpc) is 4.42. The molecule has 21 fully saturated rings. The van der Waals surface area contributed by atoms with E-state index in [4.69, 9.17) is 0 Å². The third kappa shape index (κ3) is 15.8. The molecule has 0 spiro atoms. The Balaban J connectivity index is 0.000000111. The van der Waals surface area contributed by atoms with E-state index < -0.39 is 0 Å². The van der Waals surface area contributed by atoms with Gasteiger partial charge in [0.25, 0.3) is 0 Å². The van der Waals surface area contributed by atoms with Crippen molar-refractivity contribution in [1.82, 2.24) is 0 Å². The zero-order chi connectivity index (χ0) is 57.1. The Morgan fingerprint density at radius 2 is 0.475 bits per heavy atom. The van der Waals surface area contributed by atoms with E-state index in [1.165, 1.54) is 50.4 Å². The number of hydrogen-bond acceptors (Lipinski definition) is 0. The summed E-state index contributed by atoms with van der Waals surface area (Å²) >= 11 is 0. The maximum Gasteiger partial charge on any atom is -0.0334 e. The summed E-state index contributed by atoms with van der Waals surface area (Å²) in [6.45, 7) is 38.3. The van der Waals surface area contributed by atoms with Crippen LogP contribution >= 0.6 is 0 Å². The molecule has 0 heterocycles. The van der Waals surface area contributed by atoms with Gasteiger partial charge in [0.1, 0.15) is 0 Å². The van der Waals surface area contributed by atoms with Crippen molar-refractivity contribution in [3.05, 3.63) is 0 Å². The van der Waals surface area contributed by atoms with E-state index in [-0.39, 0.29) is 0 Å². The Bertz CT molecular complexity index is 1660. The van der Waals surface area contributed by atoms with Crippen molar-refractivity contribution >= 4 is 0 Å². The van der Waals surface area contributed by atoms with Crippen molar-refractivity contribution in [3.63, 3.8) is 0 Å². The molecule has 21 rings (SSSR count).